The van der Waals surface area contributed by atoms with E-state index in [2.05, 4.69) is 31.4 Å². The molecule has 0 aromatic rings. The van der Waals surface area contributed by atoms with Gasteiger partial charge in [0.2, 0.25) is 5.91 Å². The number of carbonyl (C=O) groups is 1. The first kappa shape index (κ1) is 14.4. The van der Waals surface area contributed by atoms with Gasteiger partial charge in [-0.2, -0.15) is 0 Å². The highest BCUT2D eigenvalue weighted by Gasteiger charge is 2.14. The van der Waals surface area contributed by atoms with Gasteiger partial charge in [-0.25, -0.2) is 0 Å². The van der Waals surface area contributed by atoms with E-state index < -0.39 is 0 Å². The zero-order valence-electron chi connectivity index (χ0n) is 11.0. The van der Waals surface area contributed by atoms with Crippen molar-refractivity contribution in [2.45, 2.75) is 60.0 Å². The maximum Gasteiger partial charge on any atom is 0.221 e. The zero-order chi connectivity index (χ0) is 12.1. The van der Waals surface area contributed by atoms with Crippen molar-refractivity contribution in [3.63, 3.8) is 0 Å². The Balaban J connectivity index is 3.74. The fraction of sp³-hybridized carbons (Fsp3) is 0.917. The molecule has 0 aliphatic rings. The number of rotatable bonds is 5. The topological polar surface area (TPSA) is 41.1 Å². The average molecular weight is 214 g/mol. The summed E-state index contributed by atoms with van der Waals surface area (Å²) in [7, 11) is 0. The molecular formula is C12H26N2O. The summed E-state index contributed by atoms with van der Waals surface area (Å²) in [5, 5.41) is 6.26. The Kier molecular flexibility index (Phi) is 5.88. The van der Waals surface area contributed by atoms with Crippen molar-refractivity contribution in [1.29, 1.82) is 0 Å². The molecular weight excluding hydrogens is 188 g/mol. The van der Waals surface area contributed by atoms with Crippen LogP contribution in [0, 0.1) is 5.41 Å². The minimum absolute atomic E-state index is 0.124. The van der Waals surface area contributed by atoms with Crippen LogP contribution in [0.5, 0.6) is 0 Å². The Morgan fingerprint density at radius 2 is 1.73 bits per heavy atom. The molecule has 0 spiro atoms. The van der Waals surface area contributed by atoms with Gasteiger partial charge >= 0.3 is 0 Å². The molecule has 0 bridgehead atoms. The first-order valence-corrected chi connectivity index (χ1v) is 5.73. The molecule has 1 amide bonds. The minimum atomic E-state index is 0.124. The fourth-order valence-corrected chi connectivity index (χ4v) is 1.21. The van der Waals surface area contributed by atoms with E-state index in [1.165, 1.54) is 0 Å². The van der Waals surface area contributed by atoms with Crippen LogP contribution < -0.4 is 10.6 Å². The molecule has 1 atom stereocenters. The molecule has 0 aromatic carbocycles. The Hall–Kier alpha value is -0.570. The highest BCUT2D eigenvalue weighted by atomic mass is 16.1. The van der Waals surface area contributed by atoms with Crippen LogP contribution in [-0.4, -0.2) is 24.5 Å². The molecule has 0 aliphatic carbocycles. The predicted molar refractivity (Wildman–Crippen MR) is 64.8 cm³/mol. The SMILES string of the molecule is CC(C)NC(=O)CC(C)NCC(C)(C)C. The van der Waals surface area contributed by atoms with Crippen LogP contribution in [0.4, 0.5) is 0 Å². The molecule has 0 saturated carbocycles. The first-order chi connectivity index (χ1) is 6.70. The van der Waals surface area contributed by atoms with Crippen molar-refractivity contribution in [2.75, 3.05) is 6.54 Å². The molecule has 15 heavy (non-hydrogen) atoms. The van der Waals surface area contributed by atoms with Crippen LogP contribution in [0.2, 0.25) is 0 Å². The van der Waals surface area contributed by atoms with Crippen LogP contribution in [0.25, 0.3) is 0 Å². The maximum absolute atomic E-state index is 11.4. The van der Waals surface area contributed by atoms with E-state index in [1.54, 1.807) is 0 Å². The maximum atomic E-state index is 11.4. The molecule has 3 nitrogen and oxygen atoms in total. The van der Waals surface area contributed by atoms with Crippen molar-refractivity contribution in [1.82, 2.24) is 10.6 Å². The molecule has 0 fully saturated rings. The normalized spacial score (nSPS) is 14.1. The highest BCUT2D eigenvalue weighted by Crippen LogP contribution is 2.11. The van der Waals surface area contributed by atoms with Crippen molar-refractivity contribution in [3.05, 3.63) is 0 Å². The van der Waals surface area contributed by atoms with Crippen LogP contribution in [-0.2, 0) is 4.79 Å². The second kappa shape index (κ2) is 6.11. The average Bonchev–Trinajstić information content (AvgIpc) is 1.97. The molecule has 3 heteroatoms. The molecule has 0 aliphatic heterocycles. The molecule has 0 aromatic heterocycles. The van der Waals surface area contributed by atoms with Crippen LogP contribution in [0.1, 0.15) is 48.0 Å². The van der Waals surface area contributed by atoms with Crippen molar-refractivity contribution in [2.24, 2.45) is 5.41 Å². The Labute approximate surface area is 94.0 Å². The number of amides is 1. The molecule has 1 unspecified atom stereocenters. The van der Waals surface area contributed by atoms with Gasteiger partial charge in [-0.05, 0) is 26.2 Å². The lowest BCUT2D eigenvalue weighted by Gasteiger charge is -2.22. The van der Waals surface area contributed by atoms with Crippen LogP contribution >= 0.6 is 0 Å². The molecule has 90 valence electrons. The highest BCUT2D eigenvalue weighted by molar-refractivity contribution is 5.76. The second-order valence-corrected chi connectivity index (χ2v) is 5.77. The minimum Gasteiger partial charge on any atom is -0.354 e. The van der Waals surface area contributed by atoms with Gasteiger partial charge < -0.3 is 10.6 Å². The standard InChI is InChI=1S/C12H26N2O/c1-9(2)14-11(15)7-10(3)13-8-12(4,5)6/h9-10,13H,7-8H2,1-6H3,(H,14,15). The van der Waals surface area contributed by atoms with E-state index in [1.807, 2.05) is 20.8 Å². The molecule has 2 N–H and O–H groups in total. The Morgan fingerprint density at radius 3 is 2.13 bits per heavy atom. The predicted octanol–water partition coefficient (Wildman–Crippen LogP) is 1.93. The fourth-order valence-electron chi connectivity index (χ4n) is 1.21. The third kappa shape index (κ3) is 9.73. The van der Waals surface area contributed by atoms with Gasteiger partial charge in [-0.3, -0.25) is 4.79 Å². The van der Waals surface area contributed by atoms with E-state index in [-0.39, 0.29) is 23.4 Å². The summed E-state index contributed by atoms with van der Waals surface area (Å²) in [4.78, 5) is 11.4. The van der Waals surface area contributed by atoms with Gasteiger partial charge in [0.05, 0.1) is 0 Å². The van der Waals surface area contributed by atoms with E-state index in [9.17, 15) is 4.79 Å². The summed E-state index contributed by atoms with van der Waals surface area (Å²) in [5.41, 5.74) is 0.267. The summed E-state index contributed by atoms with van der Waals surface area (Å²) in [5.74, 6) is 0.124. The quantitative estimate of drug-likeness (QED) is 0.734. The van der Waals surface area contributed by atoms with Crippen molar-refractivity contribution >= 4 is 5.91 Å². The monoisotopic (exact) mass is 214 g/mol. The lowest BCUT2D eigenvalue weighted by molar-refractivity contribution is -0.122. The molecule has 0 saturated heterocycles. The van der Waals surface area contributed by atoms with Gasteiger partial charge in [0.1, 0.15) is 0 Å². The van der Waals surface area contributed by atoms with Crippen LogP contribution in [0.15, 0.2) is 0 Å². The Bertz CT molecular complexity index is 194. The van der Waals surface area contributed by atoms with Gasteiger partial charge in [0.25, 0.3) is 0 Å². The first-order valence-electron chi connectivity index (χ1n) is 5.73. The van der Waals surface area contributed by atoms with E-state index in [4.69, 9.17) is 0 Å². The number of hydrogen-bond donors (Lipinski definition) is 2. The lowest BCUT2D eigenvalue weighted by Crippen LogP contribution is -2.39. The number of carbonyl (C=O) groups excluding carboxylic acids is 1. The summed E-state index contributed by atoms with van der Waals surface area (Å²) in [6.07, 6.45) is 0.550. The van der Waals surface area contributed by atoms with Gasteiger partial charge in [-0.15, -0.1) is 0 Å². The van der Waals surface area contributed by atoms with Gasteiger partial charge in [-0.1, -0.05) is 20.8 Å². The third-order valence-corrected chi connectivity index (χ3v) is 1.92. The second-order valence-electron chi connectivity index (χ2n) is 5.77. The molecule has 0 rings (SSSR count). The van der Waals surface area contributed by atoms with Crippen molar-refractivity contribution in [3.8, 4) is 0 Å². The van der Waals surface area contributed by atoms with Crippen molar-refractivity contribution < 1.29 is 4.79 Å². The third-order valence-electron chi connectivity index (χ3n) is 1.92. The number of nitrogens with one attached hydrogen (secondary N) is 2. The smallest absolute Gasteiger partial charge is 0.221 e. The summed E-state index contributed by atoms with van der Waals surface area (Å²) in [6, 6.07) is 0.468. The van der Waals surface area contributed by atoms with Gasteiger partial charge in [0, 0.05) is 25.0 Å². The van der Waals surface area contributed by atoms with Crippen LogP contribution in [0.3, 0.4) is 0 Å². The van der Waals surface area contributed by atoms with E-state index >= 15 is 0 Å². The van der Waals surface area contributed by atoms with E-state index in [0.717, 1.165) is 6.54 Å². The summed E-state index contributed by atoms with van der Waals surface area (Å²) >= 11 is 0. The van der Waals surface area contributed by atoms with E-state index in [0.29, 0.717) is 6.42 Å². The molecule has 0 radical (unpaired) electrons. The lowest BCUT2D eigenvalue weighted by atomic mass is 9.96. The molecule has 0 heterocycles. The summed E-state index contributed by atoms with van der Waals surface area (Å²) < 4.78 is 0. The zero-order valence-corrected chi connectivity index (χ0v) is 11.0. The Morgan fingerprint density at radius 1 is 1.20 bits per heavy atom. The summed E-state index contributed by atoms with van der Waals surface area (Å²) in [6.45, 7) is 13.5. The number of hydrogen-bond acceptors (Lipinski definition) is 2. The largest absolute Gasteiger partial charge is 0.354 e. The van der Waals surface area contributed by atoms with Gasteiger partial charge in [0.15, 0.2) is 0 Å².